The van der Waals surface area contributed by atoms with Crippen LogP contribution >= 0.6 is 11.6 Å². The molecule has 0 amide bonds. The van der Waals surface area contributed by atoms with Crippen LogP contribution < -0.4 is 5.48 Å². The highest BCUT2D eigenvalue weighted by atomic mass is 35.5. The number of nitrogens with one attached hydrogen (secondary N) is 1. The highest BCUT2D eigenvalue weighted by Gasteiger charge is 2.00. The average Bonchev–Trinajstić information content (AvgIpc) is 2.48. The van der Waals surface area contributed by atoms with Gasteiger partial charge in [0.2, 0.25) is 0 Å². The van der Waals surface area contributed by atoms with Crippen molar-refractivity contribution in [3.05, 3.63) is 70.7 Å². The van der Waals surface area contributed by atoms with Gasteiger partial charge < -0.3 is 4.84 Å². The molecule has 0 saturated carbocycles. The molecule has 2 rings (SSSR count). The summed E-state index contributed by atoms with van der Waals surface area (Å²) in [5.74, 6) is 0. The number of hydrogen-bond acceptors (Lipinski definition) is 3. The van der Waals surface area contributed by atoms with Gasteiger partial charge in [0.1, 0.15) is 0 Å². The minimum absolute atomic E-state index is 0.643. The van der Waals surface area contributed by atoms with Crippen molar-refractivity contribution in [2.24, 2.45) is 0 Å². The van der Waals surface area contributed by atoms with E-state index in [2.05, 4.69) is 41.7 Å². The minimum Gasteiger partial charge on any atom is -0.300 e. The van der Waals surface area contributed by atoms with E-state index in [1.165, 1.54) is 5.56 Å². The Kier molecular flexibility index (Phi) is 6.70. The average molecular weight is 305 g/mol. The zero-order valence-electron chi connectivity index (χ0n) is 12.3. The van der Waals surface area contributed by atoms with Gasteiger partial charge in [-0.3, -0.25) is 4.90 Å². The van der Waals surface area contributed by atoms with Crippen LogP contribution in [0, 0.1) is 0 Å². The molecule has 2 aromatic carbocycles. The Labute approximate surface area is 131 Å². The van der Waals surface area contributed by atoms with E-state index in [1.807, 2.05) is 30.3 Å². The molecule has 21 heavy (non-hydrogen) atoms. The Morgan fingerprint density at radius 3 is 2.57 bits per heavy atom. The second kappa shape index (κ2) is 8.80. The first-order chi connectivity index (χ1) is 10.2. The van der Waals surface area contributed by atoms with Gasteiger partial charge in [0.25, 0.3) is 0 Å². The number of likely N-dealkylation sites (N-methyl/N-ethyl adjacent to an activating group) is 1. The van der Waals surface area contributed by atoms with Gasteiger partial charge in [0, 0.05) is 24.7 Å². The van der Waals surface area contributed by atoms with Crippen molar-refractivity contribution in [1.82, 2.24) is 10.4 Å². The van der Waals surface area contributed by atoms with E-state index in [0.717, 1.165) is 23.7 Å². The molecule has 0 spiro atoms. The highest BCUT2D eigenvalue weighted by Crippen LogP contribution is 2.10. The van der Waals surface area contributed by atoms with Crippen LogP contribution in [0.2, 0.25) is 5.02 Å². The van der Waals surface area contributed by atoms with Crippen molar-refractivity contribution in [1.29, 1.82) is 0 Å². The van der Waals surface area contributed by atoms with Gasteiger partial charge in [-0.25, -0.2) is 0 Å². The summed E-state index contributed by atoms with van der Waals surface area (Å²) < 4.78 is 0. The lowest BCUT2D eigenvalue weighted by molar-refractivity contribution is 0.0246. The fourth-order valence-corrected chi connectivity index (χ4v) is 2.24. The molecular formula is C17H21ClN2O. The van der Waals surface area contributed by atoms with Crippen molar-refractivity contribution in [2.45, 2.75) is 13.1 Å². The summed E-state index contributed by atoms with van der Waals surface area (Å²) in [7, 11) is 2.09. The van der Waals surface area contributed by atoms with Crippen LogP contribution in [-0.4, -0.2) is 25.1 Å². The molecule has 0 atom stereocenters. The fraction of sp³-hybridized carbons (Fsp3) is 0.294. The molecule has 0 aliphatic rings. The molecule has 0 radical (unpaired) electrons. The van der Waals surface area contributed by atoms with Gasteiger partial charge in [0.15, 0.2) is 0 Å². The molecule has 0 unspecified atom stereocenters. The lowest BCUT2D eigenvalue weighted by atomic mass is 10.2. The Hall–Kier alpha value is -1.39. The molecule has 0 aliphatic carbocycles. The van der Waals surface area contributed by atoms with Crippen LogP contribution in [0.5, 0.6) is 0 Å². The van der Waals surface area contributed by atoms with Crippen LogP contribution in [0.15, 0.2) is 54.6 Å². The monoisotopic (exact) mass is 304 g/mol. The predicted octanol–water partition coefficient (Wildman–Crippen LogP) is 3.49. The molecule has 0 saturated heterocycles. The topological polar surface area (TPSA) is 24.5 Å². The zero-order chi connectivity index (χ0) is 14.9. The third-order valence-corrected chi connectivity index (χ3v) is 3.37. The molecule has 1 N–H and O–H groups in total. The second-order valence-electron chi connectivity index (χ2n) is 5.02. The van der Waals surface area contributed by atoms with Gasteiger partial charge in [-0.15, -0.1) is 0 Å². The van der Waals surface area contributed by atoms with E-state index in [9.17, 15) is 0 Å². The number of hydroxylamine groups is 1. The summed E-state index contributed by atoms with van der Waals surface area (Å²) in [4.78, 5) is 7.68. The number of halogens is 1. The summed E-state index contributed by atoms with van der Waals surface area (Å²) in [5.41, 5.74) is 5.39. The summed E-state index contributed by atoms with van der Waals surface area (Å²) in [6, 6.07) is 18.2. The number of rotatable bonds is 8. The number of benzene rings is 2. The van der Waals surface area contributed by atoms with Crippen molar-refractivity contribution in [3.63, 3.8) is 0 Å². The van der Waals surface area contributed by atoms with E-state index in [4.69, 9.17) is 16.4 Å². The molecule has 0 heterocycles. The molecule has 4 heteroatoms. The molecular weight excluding hydrogens is 284 g/mol. The SMILES string of the molecule is CN(CCONCc1cccc(Cl)c1)Cc1ccccc1. The Balaban J connectivity index is 1.59. The Morgan fingerprint density at radius 1 is 1.05 bits per heavy atom. The molecule has 3 nitrogen and oxygen atoms in total. The van der Waals surface area contributed by atoms with Gasteiger partial charge in [-0.1, -0.05) is 54.1 Å². The first-order valence-electron chi connectivity index (χ1n) is 7.05. The first kappa shape index (κ1) is 16.0. The molecule has 0 fully saturated rings. The molecule has 112 valence electrons. The van der Waals surface area contributed by atoms with Crippen molar-refractivity contribution < 1.29 is 4.84 Å². The van der Waals surface area contributed by atoms with Crippen LogP contribution in [0.25, 0.3) is 0 Å². The van der Waals surface area contributed by atoms with Gasteiger partial charge in [-0.2, -0.15) is 5.48 Å². The molecule has 2 aromatic rings. The van der Waals surface area contributed by atoms with Gasteiger partial charge in [-0.05, 0) is 30.3 Å². The van der Waals surface area contributed by atoms with E-state index >= 15 is 0 Å². The lowest BCUT2D eigenvalue weighted by Crippen LogP contribution is -2.26. The van der Waals surface area contributed by atoms with Crippen LogP contribution in [0.3, 0.4) is 0 Å². The van der Waals surface area contributed by atoms with Gasteiger partial charge in [0.05, 0.1) is 6.61 Å². The largest absolute Gasteiger partial charge is 0.300 e. The van der Waals surface area contributed by atoms with Crippen LogP contribution in [-0.2, 0) is 17.9 Å². The first-order valence-corrected chi connectivity index (χ1v) is 7.43. The van der Waals surface area contributed by atoms with Gasteiger partial charge >= 0.3 is 0 Å². The smallest absolute Gasteiger partial charge is 0.0809 e. The zero-order valence-corrected chi connectivity index (χ0v) is 13.0. The maximum absolute atomic E-state index is 5.93. The van der Waals surface area contributed by atoms with E-state index in [1.54, 1.807) is 0 Å². The standard InChI is InChI=1S/C17H21ClN2O/c1-20(14-15-6-3-2-4-7-15)10-11-21-19-13-16-8-5-9-17(18)12-16/h2-9,12,19H,10-11,13-14H2,1H3. The molecule has 0 aromatic heterocycles. The summed E-state index contributed by atoms with van der Waals surface area (Å²) in [6.45, 7) is 3.10. The van der Waals surface area contributed by atoms with Crippen molar-refractivity contribution in [2.75, 3.05) is 20.2 Å². The van der Waals surface area contributed by atoms with E-state index < -0.39 is 0 Å². The quantitative estimate of drug-likeness (QED) is 0.597. The molecule has 0 aliphatic heterocycles. The Morgan fingerprint density at radius 2 is 1.81 bits per heavy atom. The fourth-order valence-electron chi connectivity index (χ4n) is 2.03. The minimum atomic E-state index is 0.643. The number of nitrogens with zero attached hydrogens (tertiary/aromatic N) is 1. The lowest BCUT2D eigenvalue weighted by Gasteiger charge is -2.16. The number of hydrogen-bond donors (Lipinski definition) is 1. The maximum Gasteiger partial charge on any atom is 0.0809 e. The second-order valence-corrected chi connectivity index (χ2v) is 5.46. The van der Waals surface area contributed by atoms with Crippen LogP contribution in [0.1, 0.15) is 11.1 Å². The van der Waals surface area contributed by atoms with Crippen molar-refractivity contribution in [3.8, 4) is 0 Å². The molecule has 0 bridgehead atoms. The van der Waals surface area contributed by atoms with E-state index in [0.29, 0.717) is 13.2 Å². The normalized spacial score (nSPS) is 11.0. The third-order valence-electron chi connectivity index (χ3n) is 3.14. The summed E-state index contributed by atoms with van der Waals surface area (Å²) in [6.07, 6.45) is 0. The maximum atomic E-state index is 5.93. The Bertz CT molecular complexity index is 533. The van der Waals surface area contributed by atoms with Crippen molar-refractivity contribution >= 4 is 11.6 Å². The highest BCUT2D eigenvalue weighted by molar-refractivity contribution is 6.30. The third kappa shape index (κ3) is 6.27. The van der Waals surface area contributed by atoms with E-state index in [-0.39, 0.29) is 0 Å². The summed E-state index contributed by atoms with van der Waals surface area (Å²) >= 11 is 5.93. The predicted molar refractivity (Wildman–Crippen MR) is 87.0 cm³/mol. The van der Waals surface area contributed by atoms with Crippen LogP contribution in [0.4, 0.5) is 0 Å². The summed E-state index contributed by atoms with van der Waals surface area (Å²) in [5, 5.41) is 0.747.